The van der Waals surface area contributed by atoms with Crippen molar-refractivity contribution in [2.45, 2.75) is 6.92 Å². The maximum absolute atomic E-state index is 13.2. The summed E-state index contributed by atoms with van der Waals surface area (Å²) in [4.78, 5) is 11.1. The highest BCUT2D eigenvalue weighted by atomic mass is 19.1. The van der Waals surface area contributed by atoms with Gasteiger partial charge >= 0.3 is 0 Å². The molecule has 1 aromatic rings. The minimum Gasteiger partial charge on any atom is -0.322 e. The van der Waals surface area contributed by atoms with Crippen LogP contribution in [0.15, 0.2) is 12.1 Å². The predicted molar refractivity (Wildman–Crippen MR) is 53.7 cm³/mol. The maximum atomic E-state index is 13.2. The minimum atomic E-state index is -0.640. The Morgan fingerprint density at radius 1 is 1.33 bits per heavy atom. The van der Waals surface area contributed by atoms with Gasteiger partial charge in [0.2, 0.25) is 5.91 Å². The summed E-state index contributed by atoms with van der Waals surface area (Å²) in [6.45, 7) is 1.51. The molecule has 0 unspecified atom stereocenters. The lowest BCUT2D eigenvalue weighted by atomic mass is 10.2. The Morgan fingerprint density at radius 3 is 2.60 bits per heavy atom. The van der Waals surface area contributed by atoms with Crippen LogP contribution in [0.25, 0.3) is 0 Å². The van der Waals surface area contributed by atoms with Crippen molar-refractivity contribution >= 4 is 11.6 Å². The largest absolute Gasteiger partial charge is 0.322 e. The lowest BCUT2D eigenvalue weighted by molar-refractivity contribution is -0.115. The van der Waals surface area contributed by atoms with Gasteiger partial charge < -0.3 is 10.6 Å². The first-order valence-electron chi connectivity index (χ1n) is 4.44. The molecule has 1 aromatic carbocycles. The van der Waals surface area contributed by atoms with E-state index in [0.29, 0.717) is 0 Å². The number of carbonyl (C=O) groups excluding carboxylic acids is 1. The van der Waals surface area contributed by atoms with Gasteiger partial charge in [-0.25, -0.2) is 8.78 Å². The number of hydrogen-bond donors (Lipinski definition) is 2. The van der Waals surface area contributed by atoms with Crippen LogP contribution >= 0.6 is 0 Å². The van der Waals surface area contributed by atoms with Gasteiger partial charge in [-0.3, -0.25) is 4.79 Å². The Hall–Kier alpha value is -1.49. The smallest absolute Gasteiger partial charge is 0.238 e. The fraction of sp³-hybridized carbons (Fsp3) is 0.300. The van der Waals surface area contributed by atoms with E-state index < -0.39 is 17.5 Å². The summed E-state index contributed by atoms with van der Waals surface area (Å²) in [5.41, 5.74) is 0.0671. The normalized spacial score (nSPS) is 10.1. The van der Waals surface area contributed by atoms with Gasteiger partial charge in [-0.1, -0.05) is 0 Å². The Kier molecular flexibility index (Phi) is 3.74. The van der Waals surface area contributed by atoms with Crippen LogP contribution in [0.5, 0.6) is 0 Å². The number of aryl methyl sites for hydroxylation is 1. The molecule has 1 rings (SSSR count). The van der Waals surface area contributed by atoms with Crippen LogP contribution in [-0.2, 0) is 4.79 Å². The molecule has 0 bridgehead atoms. The van der Waals surface area contributed by atoms with Gasteiger partial charge in [0.25, 0.3) is 0 Å². The van der Waals surface area contributed by atoms with Crippen LogP contribution < -0.4 is 10.6 Å². The van der Waals surface area contributed by atoms with Crippen LogP contribution in [0.2, 0.25) is 0 Å². The topological polar surface area (TPSA) is 41.1 Å². The van der Waals surface area contributed by atoms with E-state index in [4.69, 9.17) is 0 Å². The highest BCUT2D eigenvalue weighted by molar-refractivity contribution is 5.92. The molecule has 3 nitrogen and oxygen atoms in total. The molecule has 0 aromatic heterocycles. The van der Waals surface area contributed by atoms with E-state index in [-0.39, 0.29) is 17.8 Å². The lowest BCUT2D eigenvalue weighted by Gasteiger charge is -2.07. The molecule has 1 amide bonds. The van der Waals surface area contributed by atoms with Crippen molar-refractivity contribution < 1.29 is 13.6 Å². The summed E-state index contributed by atoms with van der Waals surface area (Å²) in [7, 11) is 1.59. The second-order valence-corrected chi connectivity index (χ2v) is 3.16. The predicted octanol–water partition coefficient (Wildman–Crippen LogP) is 1.43. The lowest BCUT2D eigenvalue weighted by Crippen LogP contribution is -2.25. The molecule has 15 heavy (non-hydrogen) atoms. The van der Waals surface area contributed by atoms with Crippen LogP contribution in [0, 0.1) is 18.6 Å². The molecular formula is C10H12F2N2O. The third-order valence-electron chi connectivity index (χ3n) is 1.86. The second-order valence-electron chi connectivity index (χ2n) is 3.16. The van der Waals surface area contributed by atoms with Gasteiger partial charge in [0.05, 0.1) is 12.2 Å². The highest BCUT2D eigenvalue weighted by Gasteiger charge is 2.09. The van der Waals surface area contributed by atoms with E-state index >= 15 is 0 Å². The number of nitrogens with one attached hydrogen (secondary N) is 2. The van der Waals surface area contributed by atoms with Crippen molar-refractivity contribution in [3.63, 3.8) is 0 Å². The van der Waals surface area contributed by atoms with E-state index in [0.717, 1.165) is 12.1 Å². The van der Waals surface area contributed by atoms with Gasteiger partial charge in [-0.2, -0.15) is 0 Å². The first kappa shape index (κ1) is 11.6. The van der Waals surface area contributed by atoms with E-state index in [1.807, 2.05) is 0 Å². The van der Waals surface area contributed by atoms with Crippen LogP contribution in [-0.4, -0.2) is 19.5 Å². The zero-order valence-corrected chi connectivity index (χ0v) is 8.53. The van der Waals surface area contributed by atoms with Crippen molar-refractivity contribution in [3.8, 4) is 0 Å². The Labute approximate surface area is 86.5 Å². The number of likely N-dealkylation sites (N-methyl/N-ethyl adjacent to an activating group) is 1. The number of benzene rings is 1. The molecule has 0 aliphatic rings. The van der Waals surface area contributed by atoms with E-state index in [9.17, 15) is 13.6 Å². The van der Waals surface area contributed by atoms with Crippen molar-refractivity contribution in [3.05, 3.63) is 29.3 Å². The van der Waals surface area contributed by atoms with Gasteiger partial charge in [-0.15, -0.1) is 0 Å². The summed E-state index contributed by atoms with van der Waals surface area (Å²) < 4.78 is 26.3. The third kappa shape index (κ3) is 2.99. The minimum absolute atomic E-state index is 0.0505. The highest BCUT2D eigenvalue weighted by Crippen LogP contribution is 2.18. The number of anilines is 1. The Balaban J connectivity index is 2.86. The van der Waals surface area contributed by atoms with Gasteiger partial charge in [-0.05, 0) is 25.6 Å². The standard InChI is InChI=1S/C10H12F2N2O/c1-6-3-8(12)9(4-7(6)11)14-10(15)5-13-2/h3-4,13H,5H2,1-2H3,(H,14,15). The summed E-state index contributed by atoms with van der Waals surface area (Å²) in [6, 6.07) is 2.02. The zero-order chi connectivity index (χ0) is 11.4. The van der Waals surface area contributed by atoms with E-state index in [2.05, 4.69) is 10.6 Å². The molecule has 0 aliphatic heterocycles. The molecule has 0 aliphatic carbocycles. The molecule has 0 fully saturated rings. The molecule has 82 valence electrons. The summed E-state index contributed by atoms with van der Waals surface area (Å²) >= 11 is 0. The SMILES string of the molecule is CNCC(=O)Nc1cc(F)c(C)cc1F. The maximum Gasteiger partial charge on any atom is 0.238 e. The molecule has 2 N–H and O–H groups in total. The van der Waals surface area contributed by atoms with Crippen molar-refractivity contribution in [2.24, 2.45) is 0 Å². The first-order chi connectivity index (χ1) is 7.04. The number of rotatable bonds is 3. The summed E-state index contributed by atoms with van der Waals surface area (Å²) in [6.07, 6.45) is 0. The first-order valence-corrected chi connectivity index (χ1v) is 4.44. The number of hydrogen-bond acceptors (Lipinski definition) is 2. The third-order valence-corrected chi connectivity index (χ3v) is 1.86. The summed E-state index contributed by atoms with van der Waals surface area (Å²) in [5, 5.41) is 4.87. The molecule has 0 saturated heterocycles. The monoisotopic (exact) mass is 214 g/mol. The average molecular weight is 214 g/mol. The average Bonchev–Trinajstić information content (AvgIpc) is 2.14. The molecule has 0 atom stereocenters. The van der Waals surface area contributed by atoms with Crippen molar-refractivity contribution in [1.82, 2.24) is 5.32 Å². The second kappa shape index (κ2) is 4.84. The molecule has 0 saturated carbocycles. The van der Waals surface area contributed by atoms with Crippen molar-refractivity contribution in [1.29, 1.82) is 0 Å². The molecular weight excluding hydrogens is 202 g/mol. The molecule has 0 spiro atoms. The quantitative estimate of drug-likeness (QED) is 0.799. The molecule has 5 heteroatoms. The van der Waals surface area contributed by atoms with Gasteiger partial charge in [0.1, 0.15) is 11.6 Å². The molecule has 0 heterocycles. The Morgan fingerprint density at radius 2 is 2.00 bits per heavy atom. The fourth-order valence-corrected chi connectivity index (χ4v) is 1.10. The molecule has 0 radical (unpaired) electrons. The zero-order valence-electron chi connectivity index (χ0n) is 8.53. The summed E-state index contributed by atoms with van der Waals surface area (Å²) in [5.74, 6) is -1.60. The Bertz CT molecular complexity index is 380. The van der Waals surface area contributed by atoms with Crippen molar-refractivity contribution in [2.75, 3.05) is 18.9 Å². The van der Waals surface area contributed by atoms with Gasteiger partial charge in [0, 0.05) is 6.07 Å². The van der Waals surface area contributed by atoms with Crippen LogP contribution in [0.3, 0.4) is 0 Å². The number of halogens is 2. The van der Waals surface area contributed by atoms with Crippen LogP contribution in [0.4, 0.5) is 14.5 Å². The fourth-order valence-electron chi connectivity index (χ4n) is 1.10. The van der Waals surface area contributed by atoms with Gasteiger partial charge in [0.15, 0.2) is 0 Å². The van der Waals surface area contributed by atoms with Crippen LogP contribution in [0.1, 0.15) is 5.56 Å². The van der Waals surface area contributed by atoms with E-state index in [1.54, 1.807) is 7.05 Å². The number of amides is 1. The number of carbonyl (C=O) groups is 1. The van der Waals surface area contributed by atoms with E-state index in [1.165, 1.54) is 6.92 Å².